The van der Waals surface area contributed by atoms with Gasteiger partial charge in [0.05, 0.1) is 7.11 Å². The molecule has 2 aromatic carbocycles. The van der Waals surface area contributed by atoms with Gasteiger partial charge in [-0.25, -0.2) is 4.79 Å². The summed E-state index contributed by atoms with van der Waals surface area (Å²) < 4.78 is 10.3. The van der Waals surface area contributed by atoms with E-state index < -0.39 is 5.97 Å². The first-order valence-electron chi connectivity index (χ1n) is 5.79. The Morgan fingerprint density at radius 3 is 2.53 bits per heavy atom. The van der Waals surface area contributed by atoms with E-state index in [0.717, 1.165) is 0 Å². The summed E-state index contributed by atoms with van der Waals surface area (Å²) in [6.45, 7) is 0.181. The van der Waals surface area contributed by atoms with Gasteiger partial charge in [0.15, 0.2) is 0 Å². The van der Waals surface area contributed by atoms with Crippen LogP contribution in [0, 0.1) is 0 Å². The minimum absolute atomic E-state index is 0.165. The fourth-order valence-electron chi connectivity index (χ4n) is 1.66. The van der Waals surface area contributed by atoms with Crippen molar-refractivity contribution in [3.63, 3.8) is 0 Å². The van der Waals surface area contributed by atoms with E-state index in [1.807, 2.05) is 6.07 Å². The van der Waals surface area contributed by atoms with Gasteiger partial charge >= 0.3 is 5.97 Å². The molecule has 0 aliphatic rings. The highest BCUT2D eigenvalue weighted by molar-refractivity contribution is 5.92. The summed E-state index contributed by atoms with van der Waals surface area (Å²) in [6, 6.07) is 13.7. The Labute approximate surface area is 111 Å². The van der Waals surface area contributed by atoms with Gasteiger partial charge in [-0.1, -0.05) is 30.3 Å². The number of carbonyl (C=O) groups is 1. The summed E-state index contributed by atoms with van der Waals surface area (Å²) in [4.78, 5) is 11.6. The van der Waals surface area contributed by atoms with Gasteiger partial charge in [-0.2, -0.15) is 0 Å². The van der Waals surface area contributed by atoms with Gasteiger partial charge in [-0.15, -0.1) is 0 Å². The minimum atomic E-state index is -0.451. The number of ether oxygens (including phenoxy) is 2. The molecule has 0 heterocycles. The number of methoxy groups -OCH3 is 1. The van der Waals surface area contributed by atoms with Gasteiger partial charge in [0, 0.05) is 5.56 Å². The SMILES string of the molecule is COC(=O)c1ccccc1OCc1ccccc1O. The molecule has 0 bridgehead atoms. The number of phenolic OH excluding ortho intramolecular Hbond substituents is 1. The third-order valence-electron chi connectivity index (χ3n) is 2.67. The minimum Gasteiger partial charge on any atom is -0.508 e. The summed E-state index contributed by atoms with van der Waals surface area (Å²) in [7, 11) is 1.32. The van der Waals surface area contributed by atoms with Crippen molar-refractivity contribution in [1.29, 1.82) is 0 Å². The summed E-state index contributed by atoms with van der Waals surface area (Å²) >= 11 is 0. The highest BCUT2D eigenvalue weighted by atomic mass is 16.5. The van der Waals surface area contributed by atoms with E-state index in [1.54, 1.807) is 42.5 Å². The highest BCUT2D eigenvalue weighted by Gasteiger charge is 2.12. The zero-order valence-electron chi connectivity index (χ0n) is 10.5. The molecule has 0 atom stereocenters. The second kappa shape index (κ2) is 5.91. The molecule has 0 aromatic heterocycles. The number of carbonyl (C=O) groups excluding carboxylic acids is 1. The van der Waals surface area contributed by atoms with E-state index in [0.29, 0.717) is 16.9 Å². The van der Waals surface area contributed by atoms with Gasteiger partial charge in [-0.3, -0.25) is 0 Å². The summed E-state index contributed by atoms with van der Waals surface area (Å²) in [6.07, 6.45) is 0. The van der Waals surface area contributed by atoms with Gasteiger partial charge in [-0.05, 0) is 18.2 Å². The number of rotatable bonds is 4. The molecule has 0 saturated heterocycles. The highest BCUT2D eigenvalue weighted by Crippen LogP contribution is 2.22. The number of hydrogen-bond donors (Lipinski definition) is 1. The Balaban J connectivity index is 2.16. The Bertz CT molecular complexity index is 578. The van der Waals surface area contributed by atoms with Crippen LogP contribution in [0.4, 0.5) is 0 Å². The molecule has 0 aliphatic heterocycles. The molecule has 1 N–H and O–H groups in total. The molecule has 4 heteroatoms. The smallest absolute Gasteiger partial charge is 0.341 e. The molecule has 2 rings (SSSR count). The summed E-state index contributed by atoms with van der Waals surface area (Å²) in [5, 5.41) is 9.64. The number of esters is 1. The lowest BCUT2D eigenvalue weighted by Gasteiger charge is -2.10. The van der Waals surface area contributed by atoms with E-state index >= 15 is 0 Å². The number of aromatic hydroxyl groups is 1. The molecule has 0 amide bonds. The first-order chi connectivity index (χ1) is 9.22. The van der Waals surface area contributed by atoms with Crippen molar-refractivity contribution in [2.24, 2.45) is 0 Å². The molecule has 0 radical (unpaired) electrons. The van der Waals surface area contributed by atoms with Crippen molar-refractivity contribution in [2.45, 2.75) is 6.61 Å². The topological polar surface area (TPSA) is 55.8 Å². The Morgan fingerprint density at radius 2 is 1.79 bits per heavy atom. The van der Waals surface area contributed by atoms with Crippen molar-refractivity contribution in [3.8, 4) is 11.5 Å². The predicted molar refractivity (Wildman–Crippen MR) is 70.2 cm³/mol. The fraction of sp³-hybridized carbons (Fsp3) is 0.133. The van der Waals surface area contributed by atoms with Crippen molar-refractivity contribution in [2.75, 3.05) is 7.11 Å². The Hall–Kier alpha value is -2.49. The predicted octanol–water partition coefficient (Wildman–Crippen LogP) is 2.76. The lowest BCUT2D eigenvalue weighted by atomic mass is 10.2. The second-order valence-corrected chi connectivity index (χ2v) is 3.91. The van der Waals surface area contributed by atoms with Crippen molar-refractivity contribution in [3.05, 3.63) is 59.7 Å². The molecular formula is C15H14O4. The molecule has 98 valence electrons. The first kappa shape index (κ1) is 13.0. The third-order valence-corrected chi connectivity index (χ3v) is 2.67. The van der Waals surface area contributed by atoms with Crippen LogP contribution in [-0.2, 0) is 11.3 Å². The average Bonchev–Trinajstić information content (AvgIpc) is 2.46. The summed E-state index contributed by atoms with van der Waals surface area (Å²) in [5.74, 6) is 0.142. The van der Waals surface area contributed by atoms with Crippen LogP contribution >= 0.6 is 0 Å². The van der Waals surface area contributed by atoms with Crippen LogP contribution in [0.3, 0.4) is 0 Å². The molecule has 0 fully saturated rings. The molecule has 2 aromatic rings. The van der Waals surface area contributed by atoms with Crippen LogP contribution in [0.5, 0.6) is 11.5 Å². The fourth-order valence-corrected chi connectivity index (χ4v) is 1.66. The molecule has 19 heavy (non-hydrogen) atoms. The number of hydrogen-bond acceptors (Lipinski definition) is 4. The van der Waals surface area contributed by atoms with Crippen LogP contribution in [0.15, 0.2) is 48.5 Å². The lowest BCUT2D eigenvalue weighted by molar-refractivity contribution is 0.0595. The van der Waals surface area contributed by atoms with Gasteiger partial charge in [0.1, 0.15) is 23.7 Å². The van der Waals surface area contributed by atoms with E-state index in [2.05, 4.69) is 4.74 Å². The molecule has 0 spiro atoms. The van der Waals surface area contributed by atoms with Crippen molar-refractivity contribution in [1.82, 2.24) is 0 Å². The maximum atomic E-state index is 11.6. The molecule has 4 nitrogen and oxygen atoms in total. The van der Waals surface area contributed by atoms with Crippen LogP contribution in [0.2, 0.25) is 0 Å². The van der Waals surface area contributed by atoms with E-state index in [-0.39, 0.29) is 12.4 Å². The van der Waals surface area contributed by atoms with Crippen molar-refractivity contribution < 1.29 is 19.4 Å². The average molecular weight is 258 g/mol. The molecular weight excluding hydrogens is 244 g/mol. The monoisotopic (exact) mass is 258 g/mol. The van der Waals surface area contributed by atoms with E-state index in [1.165, 1.54) is 7.11 Å². The normalized spacial score (nSPS) is 9.95. The van der Waals surface area contributed by atoms with Crippen LogP contribution in [0.25, 0.3) is 0 Å². The maximum Gasteiger partial charge on any atom is 0.341 e. The maximum absolute atomic E-state index is 11.6. The zero-order valence-corrected chi connectivity index (χ0v) is 10.5. The molecule has 0 aliphatic carbocycles. The third kappa shape index (κ3) is 3.04. The lowest BCUT2D eigenvalue weighted by Crippen LogP contribution is -2.05. The van der Waals surface area contributed by atoms with Gasteiger partial charge in [0.2, 0.25) is 0 Å². The standard InChI is InChI=1S/C15H14O4/c1-18-15(17)12-7-3-5-9-14(12)19-10-11-6-2-4-8-13(11)16/h2-9,16H,10H2,1H3. The quantitative estimate of drug-likeness (QED) is 0.857. The van der Waals surface area contributed by atoms with Crippen LogP contribution in [-0.4, -0.2) is 18.2 Å². The summed E-state index contributed by atoms with van der Waals surface area (Å²) in [5.41, 5.74) is 1.02. The molecule has 0 saturated carbocycles. The largest absolute Gasteiger partial charge is 0.508 e. The zero-order chi connectivity index (χ0) is 13.7. The van der Waals surface area contributed by atoms with E-state index in [4.69, 9.17) is 4.74 Å². The second-order valence-electron chi connectivity index (χ2n) is 3.91. The first-order valence-corrected chi connectivity index (χ1v) is 5.79. The van der Waals surface area contributed by atoms with Crippen LogP contribution in [0.1, 0.15) is 15.9 Å². The van der Waals surface area contributed by atoms with Gasteiger partial charge in [0.25, 0.3) is 0 Å². The number of para-hydroxylation sites is 2. The van der Waals surface area contributed by atoms with E-state index in [9.17, 15) is 9.90 Å². The Morgan fingerprint density at radius 1 is 1.11 bits per heavy atom. The van der Waals surface area contributed by atoms with Gasteiger partial charge < -0.3 is 14.6 Å². The number of phenols is 1. The number of benzene rings is 2. The van der Waals surface area contributed by atoms with Crippen LogP contribution < -0.4 is 4.74 Å². The molecule has 0 unspecified atom stereocenters. The van der Waals surface area contributed by atoms with Crippen molar-refractivity contribution >= 4 is 5.97 Å². The Kier molecular flexibility index (Phi) is 4.03.